The molecule has 0 spiro atoms. The van der Waals surface area contributed by atoms with Crippen LogP contribution in [0.2, 0.25) is 0 Å². The minimum Gasteiger partial charge on any atom is -0.379 e. The van der Waals surface area contributed by atoms with Gasteiger partial charge in [-0.3, -0.25) is 44.4 Å². The number of ether oxygens (including phenoxy) is 3. The van der Waals surface area contributed by atoms with Gasteiger partial charge in [-0.2, -0.15) is 0 Å². The number of benzene rings is 1. The van der Waals surface area contributed by atoms with Crippen LogP contribution in [0.25, 0.3) is 0 Å². The van der Waals surface area contributed by atoms with E-state index in [1.165, 1.54) is 12.1 Å². The number of rotatable bonds is 31. The molecule has 2 atom stereocenters. The predicted molar refractivity (Wildman–Crippen MR) is 190 cm³/mol. The van der Waals surface area contributed by atoms with E-state index in [-0.39, 0.29) is 66.5 Å². The van der Waals surface area contributed by atoms with Crippen molar-refractivity contribution in [3.63, 3.8) is 0 Å². The molecule has 0 aromatic heterocycles. The van der Waals surface area contributed by atoms with Crippen LogP contribution < -0.4 is 27.8 Å². The van der Waals surface area contributed by atoms with Gasteiger partial charge in [-0.05, 0) is 44.6 Å². The van der Waals surface area contributed by atoms with Crippen LogP contribution in [0, 0.1) is 26.1 Å². The van der Waals surface area contributed by atoms with Crippen molar-refractivity contribution in [2.24, 2.45) is 22.4 Å². The van der Waals surface area contributed by atoms with Crippen LogP contribution in [0.3, 0.4) is 0 Å². The second kappa shape index (κ2) is 27.4. The van der Waals surface area contributed by atoms with Gasteiger partial charge in [0, 0.05) is 63.1 Å². The maximum atomic E-state index is 12.4. The number of guanidine groups is 1. The summed E-state index contributed by atoms with van der Waals surface area (Å²) in [6, 6.07) is 2.91. The standard InChI is InChI=1S/C32H51ClN8O11/c33-21-29(43)24(6-3-11-38-32(35)36)19-26(42)22-39-31(45)27(34)9-10-30(44)37-12-4-14-51-16-18-52-17-15-50-13-2-1-5-23-7-8-25(40(46)47)20-28(23)41(48)49/h7-8,20,24,27H,1-6,9-19,21-22,34H2,(H,37,44)(H,39,45)(H4,35,36,38)/p+1/t24-,27+/m1/s1. The summed E-state index contributed by atoms with van der Waals surface area (Å²) in [6.45, 7) is 2.78. The third kappa shape index (κ3) is 21.2. The molecule has 0 fully saturated rings. The lowest BCUT2D eigenvalue weighted by atomic mass is 9.93. The number of ketones is 2. The van der Waals surface area contributed by atoms with Crippen molar-refractivity contribution in [3.05, 3.63) is 44.0 Å². The molecule has 52 heavy (non-hydrogen) atoms. The summed E-state index contributed by atoms with van der Waals surface area (Å²) in [4.78, 5) is 73.6. The highest BCUT2D eigenvalue weighted by Gasteiger charge is 2.23. The minimum absolute atomic E-state index is 0.0590. The van der Waals surface area contributed by atoms with Gasteiger partial charge in [0.05, 0.1) is 54.8 Å². The predicted octanol–water partition coefficient (Wildman–Crippen LogP) is 0.326. The number of nitro groups is 2. The Kier molecular flexibility index (Phi) is 24.1. The van der Waals surface area contributed by atoms with E-state index < -0.39 is 27.7 Å². The number of Topliss-reactive ketones (excluding diaryl/α,β-unsaturated/α-hetero) is 2. The van der Waals surface area contributed by atoms with Crippen molar-refractivity contribution in [2.45, 2.75) is 63.8 Å². The number of alkyl halides is 1. The SMILES string of the molecule is NC(N)=NCCC[C@H](CC(=O)CNC(=O)[C@@H]([NH3+])CCC(=O)NCCCOCCOCCOCCCCc1ccc([N+](=O)[O-])cc1[N+](=O)[O-])C(=O)CCl. The van der Waals surface area contributed by atoms with E-state index in [1.54, 1.807) is 0 Å². The van der Waals surface area contributed by atoms with E-state index in [4.69, 9.17) is 37.3 Å². The van der Waals surface area contributed by atoms with Crippen molar-refractivity contribution in [1.82, 2.24) is 10.6 Å². The number of carbonyl (C=O) groups is 4. The number of nitro benzene ring substituents is 2. The van der Waals surface area contributed by atoms with Gasteiger partial charge in [0.2, 0.25) is 5.91 Å². The van der Waals surface area contributed by atoms with E-state index in [0.717, 1.165) is 6.07 Å². The maximum Gasteiger partial charge on any atom is 0.279 e. The molecule has 0 bridgehead atoms. The molecule has 19 nitrogen and oxygen atoms in total. The third-order valence-electron chi connectivity index (χ3n) is 7.61. The minimum atomic E-state index is -0.743. The molecular weight excluding hydrogens is 708 g/mol. The van der Waals surface area contributed by atoms with Crippen LogP contribution in [-0.4, -0.2) is 110 Å². The first-order valence-electron chi connectivity index (χ1n) is 17.0. The first-order chi connectivity index (χ1) is 24.8. The summed E-state index contributed by atoms with van der Waals surface area (Å²) in [5.41, 5.74) is 14.2. The van der Waals surface area contributed by atoms with Gasteiger partial charge in [-0.1, -0.05) is 0 Å². The second-order valence-electron chi connectivity index (χ2n) is 11.8. The molecule has 0 saturated heterocycles. The molecular formula is C32H52ClN8O11+. The van der Waals surface area contributed by atoms with Crippen molar-refractivity contribution < 1.29 is 49.0 Å². The highest BCUT2D eigenvalue weighted by atomic mass is 35.5. The number of hydrogen-bond acceptors (Lipinski definition) is 12. The average molecular weight is 760 g/mol. The molecule has 0 aliphatic heterocycles. The largest absolute Gasteiger partial charge is 0.379 e. The van der Waals surface area contributed by atoms with Crippen molar-refractivity contribution in [1.29, 1.82) is 0 Å². The number of halogens is 1. The molecule has 0 unspecified atom stereocenters. The number of aryl methyl sites for hydroxylation is 1. The number of hydrogen-bond donors (Lipinski definition) is 5. The topological polar surface area (TPSA) is 298 Å². The van der Waals surface area contributed by atoms with Crippen molar-refractivity contribution >= 4 is 52.3 Å². The van der Waals surface area contributed by atoms with Gasteiger partial charge < -0.3 is 42.0 Å². The third-order valence-corrected chi connectivity index (χ3v) is 7.87. The van der Waals surface area contributed by atoms with Crippen LogP contribution in [0.4, 0.5) is 11.4 Å². The summed E-state index contributed by atoms with van der Waals surface area (Å²) in [7, 11) is 0. The van der Waals surface area contributed by atoms with E-state index >= 15 is 0 Å². The molecule has 1 aromatic rings. The van der Waals surface area contributed by atoms with Crippen LogP contribution in [-0.2, 0) is 39.8 Å². The number of nitrogens with two attached hydrogens (primary N) is 2. The normalized spacial score (nSPS) is 12.0. The molecule has 1 rings (SSSR count). The smallest absolute Gasteiger partial charge is 0.279 e. The van der Waals surface area contributed by atoms with E-state index in [0.29, 0.717) is 96.8 Å². The molecule has 0 heterocycles. The Hall–Kier alpha value is -4.30. The van der Waals surface area contributed by atoms with Crippen LogP contribution in [0.1, 0.15) is 56.9 Å². The van der Waals surface area contributed by atoms with Crippen LogP contribution in [0.15, 0.2) is 23.2 Å². The van der Waals surface area contributed by atoms with Gasteiger partial charge in [-0.25, -0.2) is 0 Å². The van der Waals surface area contributed by atoms with Gasteiger partial charge in [0.15, 0.2) is 23.6 Å². The zero-order valence-electron chi connectivity index (χ0n) is 29.4. The summed E-state index contributed by atoms with van der Waals surface area (Å²) in [6.07, 6.45) is 3.35. The van der Waals surface area contributed by atoms with Crippen LogP contribution in [0.5, 0.6) is 0 Å². The van der Waals surface area contributed by atoms with Gasteiger partial charge >= 0.3 is 0 Å². The molecule has 0 aliphatic carbocycles. The van der Waals surface area contributed by atoms with Gasteiger partial charge in [0.25, 0.3) is 17.3 Å². The zero-order valence-corrected chi connectivity index (χ0v) is 30.1. The second-order valence-corrected chi connectivity index (χ2v) is 12.0. The summed E-state index contributed by atoms with van der Waals surface area (Å²) < 4.78 is 16.4. The van der Waals surface area contributed by atoms with Crippen molar-refractivity contribution in [2.75, 3.05) is 65.2 Å². The van der Waals surface area contributed by atoms with Gasteiger partial charge in [0.1, 0.15) is 0 Å². The number of amides is 2. The molecule has 1 aromatic carbocycles. The Morgan fingerprint density at radius 2 is 1.54 bits per heavy atom. The number of carbonyl (C=O) groups excluding carboxylic acids is 4. The summed E-state index contributed by atoms with van der Waals surface area (Å²) in [5.74, 6) is -2.18. The maximum absolute atomic E-state index is 12.4. The first kappa shape index (κ1) is 45.7. The summed E-state index contributed by atoms with van der Waals surface area (Å²) in [5, 5.41) is 27.3. The molecule has 9 N–H and O–H groups in total. The quantitative estimate of drug-likeness (QED) is 0.0170. The lowest BCUT2D eigenvalue weighted by molar-refractivity contribution is -0.404. The van der Waals surface area contributed by atoms with Crippen molar-refractivity contribution in [3.8, 4) is 0 Å². The number of nitrogens with one attached hydrogen (secondary N) is 2. The molecule has 2 amide bonds. The highest BCUT2D eigenvalue weighted by molar-refractivity contribution is 6.28. The number of non-ortho nitro benzene ring substituents is 1. The summed E-state index contributed by atoms with van der Waals surface area (Å²) >= 11 is 5.67. The molecule has 0 saturated carbocycles. The number of nitrogens with zero attached hydrogens (tertiary/aromatic N) is 3. The fraction of sp³-hybridized carbons (Fsp3) is 0.656. The van der Waals surface area contributed by atoms with Gasteiger partial charge in [-0.15, -0.1) is 11.6 Å². The Morgan fingerprint density at radius 3 is 2.15 bits per heavy atom. The van der Waals surface area contributed by atoms with Crippen LogP contribution >= 0.6 is 11.6 Å². The van der Waals surface area contributed by atoms with E-state index in [9.17, 15) is 39.4 Å². The fourth-order valence-electron chi connectivity index (χ4n) is 4.74. The van der Waals surface area contributed by atoms with E-state index in [1.807, 2.05) is 0 Å². The molecule has 292 valence electrons. The Balaban J connectivity index is 2.05. The number of aliphatic imine (C=N–C) groups is 1. The number of unbranched alkanes of at least 4 members (excludes halogenated alkanes) is 1. The van der Waals surface area contributed by atoms with E-state index in [2.05, 4.69) is 21.4 Å². The lowest BCUT2D eigenvalue weighted by Crippen LogP contribution is -2.67. The number of quaternary nitrogens is 1. The average Bonchev–Trinajstić information content (AvgIpc) is 3.11. The molecule has 0 aliphatic rings. The monoisotopic (exact) mass is 759 g/mol. The fourth-order valence-corrected chi connectivity index (χ4v) is 4.96. The Morgan fingerprint density at radius 1 is 0.885 bits per heavy atom. The first-order valence-corrected chi connectivity index (χ1v) is 17.6. The Bertz CT molecular complexity index is 1330. The lowest BCUT2D eigenvalue weighted by Gasteiger charge is -2.14. The molecule has 20 heteroatoms. The zero-order chi connectivity index (χ0) is 38.7. The highest BCUT2D eigenvalue weighted by Crippen LogP contribution is 2.26. The Labute approximate surface area is 307 Å². The molecule has 0 radical (unpaired) electrons.